The first-order valence-corrected chi connectivity index (χ1v) is 5.92. The number of carbonyl (C=O) groups is 1. The van der Waals surface area contributed by atoms with E-state index >= 15 is 0 Å². The smallest absolute Gasteiger partial charge is 0.257 e. The molecular formula is C13H16FNO3. The lowest BCUT2D eigenvalue weighted by Crippen LogP contribution is -2.38. The Hall–Kier alpha value is -1.62. The third-order valence-electron chi connectivity index (χ3n) is 3.26. The Balaban J connectivity index is 2.23. The average Bonchev–Trinajstić information content (AvgIpc) is 2.86. The van der Waals surface area contributed by atoms with Gasteiger partial charge in [0.05, 0.1) is 25.3 Å². The van der Waals surface area contributed by atoms with Crippen molar-refractivity contribution in [1.82, 2.24) is 4.90 Å². The fourth-order valence-electron chi connectivity index (χ4n) is 2.24. The maximum atomic E-state index is 13.8. The quantitative estimate of drug-likeness (QED) is 0.886. The molecule has 1 atom stereocenters. The molecule has 2 rings (SSSR count). The largest absolute Gasteiger partial charge is 0.497 e. The van der Waals surface area contributed by atoms with Crippen molar-refractivity contribution >= 4 is 5.91 Å². The van der Waals surface area contributed by atoms with Crippen molar-refractivity contribution in [2.24, 2.45) is 0 Å². The van der Waals surface area contributed by atoms with Crippen LogP contribution in [0.3, 0.4) is 0 Å². The van der Waals surface area contributed by atoms with Gasteiger partial charge in [-0.2, -0.15) is 0 Å². The molecule has 4 nitrogen and oxygen atoms in total. The zero-order chi connectivity index (χ0) is 13.1. The van der Waals surface area contributed by atoms with Gasteiger partial charge in [0.1, 0.15) is 11.6 Å². The van der Waals surface area contributed by atoms with E-state index in [4.69, 9.17) is 4.74 Å². The summed E-state index contributed by atoms with van der Waals surface area (Å²) in [6.07, 6.45) is 1.61. The standard InChI is InChI=1S/C13H16FNO3/c1-18-10-4-5-11(12(14)7-10)13(17)15-6-2-3-9(15)8-16/h4-5,7,9,16H,2-3,6,8H2,1H3/t9-/m0/s1. The maximum Gasteiger partial charge on any atom is 0.257 e. The van der Waals surface area contributed by atoms with Crippen LogP contribution >= 0.6 is 0 Å². The Bertz CT molecular complexity index is 450. The fraction of sp³-hybridized carbons (Fsp3) is 0.462. The molecule has 1 fully saturated rings. The normalized spacial score (nSPS) is 19.1. The van der Waals surface area contributed by atoms with Crippen LogP contribution < -0.4 is 4.74 Å². The third-order valence-corrected chi connectivity index (χ3v) is 3.26. The van der Waals surface area contributed by atoms with Crippen LogP contribution in [0.5, 0.6) is 5.75 Å². The molecule has 1 saturated heterocycles. The van der Waals surface area contributed by atoms with Gasteiger partial charge in [-0.15, -0.1) is 0 Å². The molecule has 1 aromatic rings. The molecule has 1 aliphatic rings. The van der Waals surface area contributed by atoms with Gasteiger partial charge in [-0.05, 0) is 25.0 Å². The predicted octanol–water partition coefficient (Wildman–Crippen LogP) is 1.43. The molecular weight excluding hydrogens is 237 g/mol. The molecule has 0 aliphatic carbocycles. The number of amides is 1. The molecule has 0 spiro atoms. The first-order chi connectivity index (χ1) is 8.67. The van der Waals surface area contributed by atoms with Crippen molar-refractivity contribution in [3.05, 3.63) is 29.6 Å². The summed E-state index contributed by atoms with van der Waals surface area (Å²) in [5.74, 6) is -0.584. The van der Waals surface area contributed by atoms with Gasteiger partial charge in [-0.25, -0.2) is 4.39 Å². The molecule has 1 aromatic carbocycles. The molecule has 0 unspecified atom stereocenters. The van der Waals surface area contributed by atoms with Crippen molar-refractivity contribution in [3.8, 4) is 5.75 Å². The summed E-state index contributed by atoms with van der Waals surface area (Å²) < 4.78 is 18.7. The number of benzene rings is 1. The van der Waals surface area contributed by atoms with E-state index < -0.39 is 5.82 Å². The minimum absolute atomic E-state index is 0.0242. The molecule has 0 radical (unpaired) electrons. The minimum atomic E-state index is -0.595. The van der Waals surface area contributed by atoms with Gasteiger partial charge < -0.3 is 14.7 Å². The molecule has 1 heterocycles. The first kappa shape index (κ1) is 12.8. The predicted molar refractivity (Wildman–Crippen MR) is 64.1 cm³/mol. The van der Waals surface area contributed by atoms with Crippen LogP contribution in [0.4, 0.5) is 4.39 Å². The number of aliphatic hydroxyl groups is 1. The van der Waals surface area contributed by atoms with Crippen LogP contribution in [0.1, 0.15) is 23.2 Å². The van der Waals surface area contributed by atoms with Crippen molar-refractivity contribution in [2.75, 3.05) is 20.3 Å². The van der Waals surface area contributed by atoms with Crippen LogP contribution in [-0.2, 0) is 0 Å². The Morgan fingerprint density at radius 1 is 1.61 bits per heavy atom. The van der Waals surface area contributed by atoms with Gasteiger partial charge in [0.15, 0.2) is 0 Å². The van der Waals surface area contributed by atoms with E-state index in [1.807, 2.05) is 0 Å². The monoisotopic (exact) mass is 253 g/mol. The molecule has 0 bridgehead atoms. The second kappa shape index (κ2) is 5.35. The zero-order valence-corrected chi connectivity index (χ0v) is 10.2. The van der Waals surface area contributed by atoms with Crippen LogP contribution in [0.25, 0.3) is 0 Å². The Kier molecular flexibility index (Phi) is 3.81. The third kappa shape index (κ3) is 2.31. The molecule has 5 heteroatoms. The number of halogens is 1. The number of aliphatic hydroxyl groups excluding tert-OH is 1. The summed E-state index contributed by atoms with van der Waals surface area (Å²) in [5, 5.41) is 9.18. The highest BCUT2D eigenvalue weighted by molar-refractivity contribution is 5.95. The van der Waals surface area contributed by atoms with Gasteiger partial charge in [-0.1, -0.05) is 0 Å². The van der Waals surface area contributed by atoms with E-state index in [1.165, 1.54) is 24.1 Å². The highest BCUT2D eigenvalue weighted by Crippen LogP contribution is 2.23. The van der Waals surface area contributed by atoms with Crippen LogP contribution in [0, 0.1) is 5.82 Å². The topological polar surface area (TPSA) is 49.8 Å². The van der Waals surface area contributed by atoms with Crippen LogP contribution in [-0.4, -0.2) is 42.2 Å². The van der Waals surface area contributed by atoms with Gasteiger partial charge in [0, 0.05) is 12.6 Å². The summed E-state index contributed by atoms with van der Waals surface area (Å²) >= 11 is 0. The number of hydrogen-bond acceptors (Lipinski definition) is 3. The lowest BCUT2D eigenvalue weighted by Gasteiger charge is -2.23. The van der Waals surface area contributed by atoms with Crippen LogP contribution in [0.15, 0.2) is 18.2 Å². The zero-order valence-electron chi connectivity index (χ0n) is 10.2. The number of carbonyl (C=O) groups excluding carboxylic acids is 1. The Labute approximate surface area is 105 Å². The minimum Gasteiger partial charge on any atom is -0.497 e. The summed E-state index contributed by atoms with van der Waals surface area (Å²) in [5.41, 5.74) is 0.0242. The highest BCUT2D eigenvalue weighted by atomic mass is 19.1. The number of hydrogen-bond donors (Lipinski definition) is 1. The fourth-order valence-corrected chi connectivity index (χ4v) is 2.24. The molecule has 18 heavy (non-hydrogen) atoms. The van der Waals surface area contributed by atoms with Gasteiger partial charge in [0.25, 0.3) is 5.91 Å². The molecule has 98 valence electrons. The van der Waals surface area contributed by atoms with E-state index in [2.05, 4.69) is 0 Å². The molecule has 0 saturated carbocycles. The van der Waals surface area contributed by atoms with Crippen molar-refractivity contribution in [3.63, 3.8) is 0 Å². The summed E-state index contributed by atoms with van der Waals surface area (Å²) in [6.45, 7) is 0.485. The van der Waals surface area contributed by atoms with Crippen molar-refractivity contribution in [1.29, 1.82) is 0 Å². The molecule has 0 aromatic heterocycles. The second-order valence-corrected chi connectivity index (χ2v) is 4.32. The van der Waals surface area contributed by atoms with Gasteiger partial charge >= 0.3 is 0 Å². The van der Waals surface area contributed by atoms with E-state index in [0.717, 1.165) is 12.8 Å². The van der Waals surface area contributed by atoms with Gasteiger partial charge in [-0.3, -0.25) is 4.79 Å². The number of nitrogens with zero attached hydrogens (tertiary/aromatic N) is 1. The summed E-state index contributed by atoms with van der Waals surface area (Å²) in [7, 11) is 1.44. The van der Waals surface area contributed by atoms with E-state index in [0.29, 0.717) is 12.3 Å². The molecule has 1 aliphatic heterocycles. The Morgan fingerprint density at radius 3 is 3.00 bits per heavy atom. The van der Waals surface area contributed by atoms with E-state index in [1.54, 1.807) is 6.07 Å². The SMILES string of the molecule is COc1ccc(C(=O)N2CCC[C@H]2CO)c(F)c1. The lowest BCUT2D eigenvalue weighted by molar-refractivity contribution is 0.0673. The second-order valence-electron chi connectivity index (χ2n) is 4.32. The first-order valence-electron chi connectivity index (χ1n) is 5.92. The molecule has 1 amide bonds. The van der Waals surface area contributed by atoms with E-state index in [-0.39, 0.29) is 24.1 Å². The Morgan fingerprint density at radius 2 is 2.39 bits per heavy atom. The number of rotatable bonds is 3. The van der Waals surface area contributed by atoms with Crippen molar-refractivity contribution < 1.29 is 19.0 Å². The summed E-state index contributed by atoms with van der Waals surface area (Å²) in [4.78, 5) is 13.7. The highest BCUT2D eigenvalue weighted by Gasteiger charge is 2.30. The summed E-state index contributed by atoms with van der Waals surface area (Å²) in [6, 6.07) is 3.97. The maximum absolute atomic E-state index is 13.8. The number of ether oxygens (including phenoxy) is 1. The average molecular weight is 253 g/mol. The van der Waals surface area contributed by atoms with Crippen LogP contribution in [0.2, 0.25) is 0 Å². The van der Waals surface area contributed by atoms with Gasteiger partial charge in [0.2, 0.25) is 0 Å². The number of likely N-dealkylation sites (tertiary alicyclic amines) is 1. The lowest BCUT2D eigenvalue weighted by atomic mass is 10.1. The van der Waals surface area contributed by atoms with Crippen molar-refractivity contribution in [2.45, 2.75) is 18.9 Å². The van der Waals surface area contributed by atoms with E-state index in [9.17, 15) is 14.3 Å². The molecule has 1 N–H and O–H groups in total. The number of methoxy groups -OCH3 is 1.